The van der Waals surface area contributed by atoms with Crippen molar-refractivity contribution >= 4 is 9.68 Å². The van der Waals surface area contributed by atoms with Gasteiger partial charge < -0.3 is 5.40 Å². The van der Waals surface area contributed by atoms with Gasteiger partial charge in [-0.15, -0.1) is 6.58 Å². The van der Waals surface area contributed by atoms with E-state index in [1.54, 1.807) is 0 Å². The van der Waals surface area contributed by atoms with Gasteiger partial charge in [-0.05, 0) is 12.0 Å². The van der Waals surface area contributed by atoms with Gasteiger partial charge in [0.2, 0.25) is 0 Å². The molecule has 0 amide bonds. The topological polar surface area (TPSA) is 26.0 Å². The fraction of sp³-hybridized carbons (Fsp3) is 0.750. The first-order chi connectivity index (χ1) is 4.85. The maximum atomic E-state index is 5.69. The SMILES string of the molecule is C=CCC(CCCC)[SiH2]N. The first-order valence-electron chi connectivity index (χ1n) is 4.16. The van der Waals surface area contributed by atoms with Crippen LogP contribution in [0.25, 0.3) is 0 Å². The van der Waals surface area contributed by atoms with Gasteiger partial charge in [-0.2, -0.15) is 0 Å². The molecule has 0 aromatic heterocycles. The normalized spacial score (nSPS) is 14.2. The van der Waals surface area contributed by atoms with Crippen molar-refractivity contribution in [1.29, 1.82) is 0 Å². The average molecular weight is 157 g/mol. The predicted octanol–water partition coefficient (Wildman–Crippen LogP) is 1.58. The highest BCUT2D eigenvalue weighted by Gasteiger charge is 2.02. The summed E-state index contributed by atoms with van der Waals surface area (Å²) in [5, 5.41) is 5.69. The zero-order chi connectivity index (χ0) is 7.82. The molecule has 0 aromatic carbocycles. The number of rotatable bonds is 6. The molecule has 0 spiro atoms. The molecular weight excluding hydrogens is 138 g/mol. The molecular formula is C8H19NSi. The highest BCUT2D eigenvalue weighted by atomic mass is 28.2. The van der Waals surface area contributed by atoms with Crippen LogP contribution in [0.4, 0.5) is 0 Å². The van der Waals surface area contributed by atoms with Crippen LogP contribution in [0.5, 0.6) is 0 Å². The van der Waals surface area contributed by atoms with Gasteiger partial charge in [-0.25, -0.2) is 0 Å². The molecule has 0 saturated heterocycles. The van der Waals surface area contributed by atoms with E-state index in [9.17, 15) is 0 Å². The summed E-state index contributed by atoms with van der Waals surface area (Å²) < 4.78 is 0. The van der Waals surface area contributed by atoms with Gasteiger partial charge in [0.1, 0.15) is 0 Å². The van der Waals surface area contributed by atoms with Crippen LogP contribution in [0.2, 0.25) is 5.54 Å². The molecule has 0 aliphatic carbocycles. The molecule has 0 saturated carbocycles. The van der Waals surface area contributed by atoms with Crippen LogP contribution in [0.15, 0.2) is 12.7 Å². The molecule has 0 radical (unpaired) electrons. The summed E-state index contributed by atoms with van der Waals surface area (Å²) in [5.41, 5.74) is 0.817. The van der Waals surface area contributed by atoms with Gasteiger partial charge in [0, 0.05) is 0 Å². The molecule has 1 nitrogen and oxygen atoms in total. The second-order valence-corrected chi connectivity index (χ2v) is 4.39. The average Bonchev–Trinajstić information content (AvgIpc) is 1.98. The molecule has 2 heteroatoms. The highest BCUT2D eigenvalue weighted by Crippen LogP contribution is 2.16. The van der Waals surface area contributed by atoms with Crippen molar-refractivity contribution in [3.63, 3.8) is 0 Å². The maximum Gasteiger partial charge on any atom is 0.0922 e. The minimum Gasteiger partial charge on any atom is -0.355 e. The van der Waals surface area contributed by atoms with Gasteiger partial charge >= 0.3 is 0 Å². The molecule has 60 valence electrons. The number of unbranched alkanes of at least 4 members (excludes halogenated alkanes) is 1. The van der Waals surface area contributed by atoms with Gasteiger partial charge in [0.15, 0.2) is 0 Å². The lowest BCUT2D eigenvalue weighted by Gasteiger charge is -2.09. The standard InChI is InChI=1S/C8H19NSi/c1-3-5-7-8(10-9)6-4-2/h4,8H,2-3,5-7,9-10H2,1H3. The molecule has 0 aromatic rings. The Morgan fingerprint density at radius 3 is 2.80 bits per heavy atom. The molecule has 1 unspecified atom stereocenters. The van der Waals surface area contributed by atoms with E-state index in [2.05, 4.69) is 13.5 Å². The summed E-state index contributed by atoms with van der Waals surface area (Å²) in [6.07, 6.45) is 7.10. The Balaban J connectivity index is 3.29. The van der Waals surface area contributed by atoms with Crippen molar-refractivity contribution in [1.82, 2.24) is 0 Å². The van der Waals surface area contributed by atoms with Gasteiger partial charge in [-0.3, -0.25) is 0 Å². The van der Waals surface area contributed by atoms with Crippen LogP contribution >= 0.6 is 0 Å². The fourth-order valence-electron chi connectivity index (χ4n) is 1.06. The maximum absolute atomic E-state index is 5.69. The van der Waals surface area contributed by atoms with Crippen molar-refractivity contribution in [3.05, 3.63) is 12.7 Å². The second-order valence-electron chi connectivity index (χ2n) is 2.77. The Morgan fingerprint density at radius 2 is 2.40 bits per heavy atom. The minimum absolute atomic E-state index is 0.275. The van der Waals surface area contributed by atoms with Crippen molar-refractivity contribution < 1.29 is 0 Å². The Hall–Kier alpha value is -0.0831. The third kappa shape index (κ3) is 4.76. The van der Waals surface area contributed by atoms with Gasteiger partial charge in [0.05, 0.1) is 9.68 Å². The van der Waals surface area contributed by atoms with E-state index in [4.69, 9.17) is 5.40 Å². The van der Waals surface area contributed by atoms with Gasteiger partial charge in [0.25, 0.3) is 0 Å². The van der Waals surface area contributed by atoms with E-state index in [0.29, 0.717) is 0 Å². The molecule has 2 N–H and O–H groups in total. The molecule has 0 heterocycles. The van der Waals surface area contributed by atoms with Crippen LogP contribution in [-0.4, -0.2) is 9.68 Å². The highest BCUT2D eigenvalue weighted by molar-refractivity contribution is 6.33. The molecule has 0 aliphatic rings. The Kier molecular flexibility index (Phi) is 6.97. The third-order valence-electron chi connectivity index (χ3n) is 1.80. The molecule has 1 atom stereocenters. The van der Waals surface area contributed by atoms with Crippen molar-refractivity contribution in [3.8, 4) is 0 Å². The summed E-state index contributed by atoms with van der Waals surface area (Å²) >= 11 is 0. The monoisotopic (exact) mass is 157 g/mol. The molecule has 0 fully saturated rings. The molecule has 10 heavy (non-hydrogen) atoms. The zero-order valence-corrected chi connectivity index (χ0v) is 8.39. The van der Waals surface area contributed by atoms with Gasteiger partial charge in [-0.1, -0.05) is 32.3 Å². The van der Waals surface area contributed by atoms with Crippen LogP contribution in [-0.2, 0) is 0 Å². The molecule has 0 aliphatic heterocycles. The quantitative estimate of drug-likeness (QED) is 0.460. The van der Waals surface area contributed by atoms with Crippen LogP contribution < -0.4 is 5.40 Å². The van der Waals surface area contributed by atoms with Crippen molar-refractivity contribution in [2.75, 3.05) is 0 Å². The van der Waals surface area contributed by atoms with Crippen molar-refractivity contribution in [2.24, 2.45) is 5.40 Å². The van der Waals surface area contributed by atoms with Crippen LogP contribution in [0.3, 0.4) is 0 Å². The van der Waals surface area contributed by atoms with E-state index in [1.165, 1.54) is 19.3 Å². The summed E-state index contributed by atoms with van der Waals surface area (Å²) in [4.78, 5) is 0. The zero-order valence-electron chi connectivity index (χ0n) is 6.97. The molecule has 0 rings (SSSR count). The smallest absolute Gasteiger partial charge is 0.0922 e. The lowest BCUT2D eigenvalue weighted by atomic mass is 10.1. The Morgan fingerprint density at radius 1 is 1.70 bits per heavy atom. The van der Waals surface area contributed by atoms with E-state index in [0.717, 1.165) is 12.0 Å². The summed E-state index contributed by atoms with van der Waals surface area (Å²) in [6, 6.07) is 0. The van der Waals surface area contributed by atoms with Crippen LogP contribution in [0, 0.1) is 0 Å². The summed E-state index contributed by atoms with van der Waals surface area (Å²) in [5.74, 6) is 0. The van der Waals surface area contributed by atoms with Crippen LogP contribution in [0.1, 0.15) is 32.6 Å². The number of allylic oxidation sites excluding steroid dienone is 1. The number of hydrogen-bond donors (Lipinski definition) is 1. The predicted molar refractivity (Wildman–Crippen MR) is 50.8 cm³/mol. The first-order valence-corrected chi connectivity index (χ1v) is 5.79. The van der Waals surface area contributed by atoms with Crippen molar-refractivity contribution in [2.45, 2.75) is 38.1 Å². The largest absolute Gasteiger partial charge is 0.355 e. The fourth-order valence-corrected chi connectivity index (χ4v) is 2.01. The van der Waals surface area contributed by atoms with E-state index < -0.39 is 0 Å². The second kappa shape index (κ2) is 7.03. The lowest BCUT2D eigenvalue weighted by molar-refractivity contribution is 0.668. The minimum atomic E-state index is -0.275. The third-order valence-corrected chi connectivity index (χ3v) is 3.21. The molecule has 0 bridgehead atoms. The summed E-state index contributed by atoms with van der Waals surface area (Å²) in [6.45, 7) is 5.95. The first kappa shape index (κ1) is 9.92. The number of nitrogens with two attached hydrogens (primary N) is 1. The Bertz CT molecular complexity index is 83.3. The Labute approximate surface area is 66.6 Å². The van der Waals surface area contributed by atoms with E-state index in [-0.39, 0.29) is 9.68 Å². The van der Waals surface area contributed by atoms with E-state index >= 15 is 0 Å². The lowest BCUT2D eigenvalue weighted by Crippen LogP contribution is -2.12. The summed E-state index contributed by atoms with van der Waals surface area (Å²) in [7, 11) is -0.275. The number of hydrogen-bond acceptors (Lipinski definition) is 1. The van der Waals surface area contributed by atoms with E-state index in [1.807, 2.05) is 6.08 Å².